The highest BCUT2D eigenvalue weighted by Gasteiger charge is 2.38. The van der Waals surface area contributed by atoms with Crippen LogP contribution < -0.4 is 4.74 Å². The Morgan fingerprint density at radius 3 is 2.52 bits per heavy atom. The molecule has 1 aliphatic rings. The number of nitrogens with zero attached hydrogens (tertiary/aromatic N) is 3. The van der Waals surface area contributed by atoms with Crippen LogP contribution in [-0.2, 0) is 16.9 Å². The lowest BCUT2D eigenvalue weighted by molar-refractivity contribution is 0.207. The third kappa shape index (κ3) is 3.36. The number of aliphatic hydroxyl groups excluding tert-OH is 1. The average molecular weight is 355 g/mol. The molecule has 1 N–H and O–H groups in total. The molecular weight excluding hydrogens is 338 g/mol. The number of aromatic nitrogens is 3. The van der Waals surface area contributed by atoms with Crippen molar-refractivity contribution >= 4 is 21.6 Å². The summed E-state index contributed by atoms with van der Waals surface area (Å²) in [6.07, 6.45) is -0.869. The van der Waals surface area contributed by atoms with Crippen molar-refractivity contribution in [3.63, 3.8) is 0 Å². The molecule has 1 saturated heterocycles. The van der Waals surface area contributed by atoms with Crippen molar-refractivity contribution in [1.82, 2.24) is 14.8 Å². The van der Waals surface area contributed by atoms with Gasteiger partial charge in [-0.1, -0.05) is 11.8 Å². The second kappa shape index (κ2) is 6.14. The highest BCUT2D eigenvalue weighted by atomic mass is 32.2. The van der Waals surface area contributed by atoms with Gasteiger partial charge in [0.15, 0.2) is 20.8 Å². The molecular formula is C14H17N3O4S2. The van der Waals surface area contributed by atoms with Crippen LogP contribution in [0, 0.1) is 0 Å². The van der Waals surface area contributed by atoms with Crippen molar-refractivity contribution in [3.05, 3.63) is 24.3 Å². The zero-order valence-corrected chi connectivity index (χ0v) is 14.3. The van der Waals surface area contributed by atoms with E-state index >= 15 is 0 Å². The Labute approximate surface area is 138 Å². The predicted octanol–water partition coefficient (Wildman–Crippen LogP) is 0.741. The Balaban J connectivity index is 1.82. The summed E-state index contributed by atoms with van der Waals surface area (Å²) in [5, 5.41) is 18.3. The fourth-order valence-electron chi connectivity index (χ4n) is 2.45. The van der Waals surface area contributed by atoms with Gasteiger partial charge in [0, 0.05) is 12.6 Å². The maximum absolute atomic E-state index is 11.6. The van der Waals surface area contributed by atoms with Crippen LogP contribution in [0.3, 0.4) is 0 Å². The van der Waals surface area contributed by atoms with Crippen molar-refractivity contribution < 1.29 is 18.3 Å². The molecule has 1 aliphatic heterocycles. The van der Waals surface area contributed by atoms with Crippen molar-refractivity contribution in [3.8, 4) is 17.1 Å². The van der Waals surface area contributed by atoms with Gasteiger partial charge in [0.25, 0.3) is 0 Å². The van der Waals surface area contributed by atoms with E-state index in [0.717, 1.165) is 11.3 Å². The third-order valence-electron chi connectivity index (χ3n) is 3.71. The quantitative estimate of drug-likeness (QED) is 0.864. The highest BCUT2D eigenvalue weighted by Crippen LogP contribution is 2.32. The summed E-state index contributed by atoms with van der Waals surface area (Å²) >= 11 is 1.25. The summed E-state index contributed by atoms with van der Waals surface area (Å²) in [4.78, 5) is 0. The van der Waals surface area contributed by atoms with Gasteiger partial charge in [0.2, 0.25) is 0 Å². The standard InChI is InChI=1S/C14H17N3O4S2/c1-17-13(9-3-5-10(21-2)6-4-9)15-16-14(17)22-12-8-23(19,20)7-11(12)18/h3-6,11-12,18H,7-8H2,1-2H3/t11-,12-/m0/s1. The van der Waals surface area contributed by atoms with E-state index in [2.05, 4.69) is 10.2 Å². The van der Waals surface area contributed by atoms with E-state index in [9.17, 15) is 13.5 Å². The van der Waals surface area contributed by atoms with Gasteiger partial charge in [-0.3, -0.25) is 0 Å². The number of hydrogen-bond acceptors (Lipinski definition) is 7. The van der Waals surface area contributed by atoms with E-state index in [1.807, 2.05) is 31.3 Å². The van der Waals surface area contributed by atoms with Crippen molar-refractivity contribution in [2.24, 2.45) is 7.05 Å². The molecule has 0 unspecified atom stereocenters. The largest absolute Gasteiger partial charge is 0.497 e. The Morgan fingerprint density at radius 2 is 1.96 bits per heavy atom. The second-order valence-electron chi connectivity index (χ2n) is 5.39. The minimum Gasteiger partial charge on any atom is -0.497 e. The van der Waals surface area contributed by atoms with Crippen LogP contribution in [0.2, 0.25) is 0 Å². The zero-order chi connectivity index (χ0) is 16.6. The molecule has 0 aliphatic carbocycles. The van der Waals surface area contributed by atoms with Crippen LogP contribution in [0.1, 0.15) is 0 Å². The molecule has 7 nitrogen and oxygen atoms in total. The monoisotopic (exact) mass is 355 g/mol. The molecule has 0 radical (unpaired) electrons. The molecule has 3 rings (SSSR count). The maximum atomic E-state index is 11.6. The first kappa shape index (κ1) is 16.3. The first-order chi connectivity index (χ1) is 10.9. The molecule has 9 heteroatoms. The Hall–Kier alpha value is -1.58. The number of benzene rings is 1. The maximum Gasteiger partial charge on any atom is 0.191 e. The molecule has 0 spiro atoms. The molecule has 0 amide bonds. The van der Waals surface area contributed by atoms with Gasteiger partial charge in [0.1, 0.15) is 5.75 Å². The average Bonchev–Trinajstić information content (AvgIpc) is 2.99. The number of aliphatic hydroxyl groups is 1. The van der Waals surface area contributed by atoms with Gasteiger partial charge in [0.05, 0.1) is 30.0 Å². The van der Waals surface area contributed by atoms with E-state index in [-0.39, 0.29) is 11.5 Å². The first-order valence-electron chi connectivity index (χ1n) is 6.98. The SMILES string of the molecule is COc1ccc(-c2nnc(S[C@H]3CS(=O)(=O)C[C@@H]3O)n2C)cc1. The Morgan fingerprint density at radius 1 is 1.26 bits per heavy atom. The van der Waals surface area contributed by atoms with E-state index in [1.54, 1.807) is 11.7 Å². The van der Waals surface area contributed by atoms with E-state index in [0.29, 0.717) is 11.0 Å². The first-order valence-corrected chi connectivity index (χ1v) is 9.68. The molecule has 1 aromatic carbocycles. The summed E-state index contributed by atoms with van der Waals surface area (Å²) < 4.78 is 30.1. The molecule has 2 aromatic rings. The predicted molar refractivity (Wildman–Crippen MR) is 87.3 cm³/mol. The van der Waals surface area contributed by atoms with Crippen LogP contribution in [0.25, 0.3) is 11.4 Å². The molecule has 1 fully saturated rings. The fourth-order valence-corrected chi connectivity index (χ4v) is 5.94. The lowest BCUT2D eigenvalue weighted by atomic mass is 10.2. The lowest BCUT2D eigenvalue weighted by Gasteiger charge is -2.11. The van der Waals surface area contributed by atoms with Crippen LogP contribution in [0.15, 0.2) is 29.4 Å². The van der Waals surface area contributed by atoms with E-state index < -0.39 is 21.2 Å². The van der Waals surface area contributed by atoms with E-state index in [1.165, 1.54) is 11.8 Å². The van der Waals surface area contributed by atoms with Crippen molar-refractivity contribution in [1.29, 1.82) is 0 Å². The molecule has 124 valence electrons. The Kier molecular flexibility index (Phi) is 4.35. The molecule has 0 saturated carbocycles. The van der Waals surface area contributed by atoms with Crippen LogP contribution >= 0.6 is 11.8 Å². The van der Waals surface area contributed by atoms with E-state index in [4.69, 9.17) is 4.74 Å². The van der Waals surface area contributed by atoms with Crippen molar-refractivity contribution in [2.45, 2.75) is 16.5 Å². The number of thioether (sulfide) groups is 1. The van der Waals surface area contributed by atoms with Gasteiger partial charge in [-0.2, -0.15) is 0 Å². The number of methoxy groups -OCH3 is 1. The fraction of sp³-hybridized carbons (Fsp3) is 0.429. The number of hydrogen-bond donors (Lipinski definition) is 1. The van der Waals surface area contributed by atoms with Crippen LogP contribution in [-0.4, -0.2) is 58.3 Å². The Bertz CT molecular complexity index is 802. The third-order valence-corrected chi connectivity index (χ3v) is 6.99. The second-order valence-corrected chi connectivity index (χ2v) is 8.75. The van der Waals surface area contributed by atoms with Gasteiger partial charge in [-0.15, -0.1) is 10.2 Å². The number of rotatable bonds is 4. The van der Waals surface area contributed by atoms with Crippen LogP contribution in [0.4, 0.5) is 0 Å². The minimum atomic E-state index is -3.17. The number of ether oxygens (including phenoxy) is 1. The summed E-state index contributed by atoms with van der Waals surface area (Å²) in [6.45, 7) is 0. The zero-order valence-electron chi connectivity index (χ0n) is 12.7. The lowest BCUT2D eigenvalue weighted by Crippen LogP contribution is -2.20. The molecule has 23 heavy (non-hydrogen) atoms. The van der Waals surface area contributed by atoms with Gasteiger partial charge in [-0.05, 0) is 24.3 Å². The van der Waals surface area contributed by atoms with Gasteiger partial charge >= 0.3 is 0 Å². The van der Waals surface area contributed by atoms with Crippen molar-refractivity contribution in [2.75, 3.05) is 18.6 Å². The number of sulfone groups is 1. The summed E-state index contributed by atoms with van der Waals surface area (Å²) in [6, 6.07) is 7.44. The molecule has 1 aromatic heterocycles. The minimum absolute atomic E-state index is 0.0381. The highest BCUT2D eigenvalue weighted by molar-refractivity contribution is 8.01. The molecule has 2 atom stereocenters. The smallest absolute Gasteiger partial charge is 0.191 e. The molecule has 0 bridgehead atoms. The topological polar surface area (TPSA) is 94.3 Å². The van der Waals surface area contributed by atoms with Gasteiger partial charge in [-0.25, -0.2) is 8.42 Å². The summed E-state index contributed by atoms with van der Waals surface area (Å²) in [5.41, 5.74) is 0.882. The normalized spacial score (nSPS) is 23.1. The molecule has 2 heterocycles. The summed E-state index contributed by atoms with van der Waals surface area (Å²) in [7, 11) is 0.249. The van der Waals surface area contributed by atoms with Gasteiger partial charge < -0.3 is 14.4 Å². The van der Waals surface area contributed by atoms with Crippen LogP contribution in [0.5, 0.6) is 5.75 Å². The summed E-state index contributed by atoms with van der Waals surface area (Å²) in [5.74, 6) is 1.20.